The number of hydrogen-bond donors (Lipinski definition) is 2. The molecule has 3 nitrogen and oxygen atoms in total. The molecule has 0 spiro atoms. The van der Waals surface area contributed by atoms with Crippen molar-refractivity contribution in [2.24, 2.45) is 5.41 Å². The molecular weight excluding hydrogens is 154 g/mol. The van der Waals surface area contributed by atoms with Gasteiger partial charge in [-0.25, -0.2) is 5.48 Å². The maximum atomic E-state index is 9.27. The van der Waals surface area contributed by atoms with Gasteiger partial charge >= 0.3 is 0 Å². The lowest BCUT2D eigenvalue weighted by Crippen LogP contribution is -2.38. The topological polar surface area (TPSA) is 41.5 Å². The molecule has 0 saturated heterocycles. The zero-order chi connectivity index (χ0) is 8.86. The second kappa shape index (κ2) is 4.80. The van der Waals surface area contributed by atoms with Crippen molar-refractivity contribution in [1.29, 1.82) is 0 Å². The Kier molecular flexibility index (Phi) is 3.98. The van der Waals surface area contributed by atoms with E-state index in [9.17, 15) is 5.11 Å². The molecule has 3 heteroatoms. The monoisotopic (exact) mass is 173 g/mol. The maximum Gasteiger partial charge on any atom is 0.0572 e. The Balaban J connectivity index is 2.37. The van der Waals surface area contributed by atoms with Gasteiger partial charge in [0.15, 0.2) is 0 Å². The molecule has 0 aromatic rings. The average Bonchev–Trinajstić information content (AvgIpc) is 2.16. The summed E-state index contributed by atoms with van der Waals surface area (Å²) in [5.74, 6) is 0. The summed E-state index contributed by atoms with van der Waals surface area (Å²) in [4.78, 5) is 4.81. The molecule has 0 radical (unpaired) electrons. The highest BCUT2D eigenvalue weighted by Crippen LogP contribution is 2.34. The van der Waals surface area contributed by atoms with E-state index in [-0.39, 0.29) is 12.0 Å². The van der Waals surface area contributed by atoms with Crippen LogP contribution < -0.4 is 5.48 Å². The van der Waals surface area contributed by atoms with Crippen LogP contribution in [0.2, 0.25) is 0 Å². The Hall–Kier alpha value is -0.120. The molecule has 0 unspecified atom stereocenters. The minimum atomic E-state index is 0.0915. The predicted octanol–water partition coefficient (Wildman–Crippen LogP) is 1.08. The molecule has 0 heterocycles. The van der Waals surface area contributed by atoms with Crippen LogP contribution in [-0.2, 0) is 4.84 Å². The third kappa shape index (κ3) is 2.44. The minimum Gasteiger partial charge on any atom is -0.396 e. The Bertz CT molecular complexity index is 122. The number of aliphatic hydroxyl groups excluding tert-OH is 1. The summed E-state index contributed by atoms with van der Waals surface area (Å²) in [6.07, 6.45) is 6.05. The lowest BCUT2D eigenvalue weighted by Gasteiger charge is -2.35. The predicted molar refractivity (Wildman–Crippen MR) is 47.6 cm³/mol. The zero-order valence-electron chi connectivity index (χ0n) is 7.81. The van der Waals surface area contributed by atoms with Gasteiger partial charge in [-0.15, -0.1) is 0 Å². The first-order valence-corrected chi connectivity index (χ1v) is 4.70. The fourth-order valence-electron chi connectivity index (χ4n) is 1.92. The van der Waals surface area contributed by atoms with Crippen molar-refractivity contribution in [3.05, 3.63) is 0 Å². The first-order valence-electron chi connectivity index (χ1n) is 4.70. The molecule has 1 fully saturated rings. The van der Waals surface area contributed by atoms with Gasteiger partial charge < -0.3 is 9.94 Å². The van der Waals surface area contributed by atoms with Gasteiger partial charge in [-0.1, -0.05) is 19.3 Å². The first kappa shape index (κ1) is 9.96. The molecule has 0 aromatic heterocycles. The summed E-state index contributed by atoms with van der Waals surface area (Å²) in [7, 11) is 1.62. The summed E-state index contributed by atoms with van der Waals surface area (Å²) in [6.45, 7) is 1.06. The van der Waals surface area contributed by atoms with E-state index in [1.807, 2.05) is 0 Å². The Morgan fingerprint density at radius 2 is 2.00 bits per heavy atom. The molecular formula is C9H19NO2. The fraction of sp³-hybridized carbons (Fsp3) is 1.00. The smallest absolute Gasteiger partial charge is 0.0572 e. The van der Waals surface area contributed by atoms with Gasteiger partial charge in [0.25, 0.3) is 0 Å². The zero-order valence-corrected chi connectivity index (χ0v) is 7.81. The van der Waals surface area contributed by atoms with Crippen molar-refractivity contribution >= 4 is 0 Å². The largest absolute Gasteiger partial charge is 0.396 e. The third-order valence-electron chi connectivity index (χ3n) is 2.84. The second-order valence-electron chi connectivity index (χ2n) is 3.74. The Labute approximate surface area is 74.1 Å². The molecule has 0 aromatic carbocycles. The number of nitrogens with one attached hydrogen (secondary N) is 1. The quantitative estimate of drug-likeness (QED) is 0.625. The van der Waals surface area contributed by atoms with Crippen LogP contribution in [0.15, 0.2) is 0 Å². The van der Waals surface area contributed by atoms with Gasteiger partial charge in [-0.05, 0) is 12.8 Å². The van der Waals surface area contributed by atoms with E-state index < -0.39 is 0 Å². The number of hydrogen-bond acceptors (Lipinski definition) is 3. The number of hydroxylamine groups is 1. The van der Waals surface area contributed by atoms with E-state index in [0.717, 1.165) is 19.4 Å². The molecule has 1 saturated carbocycles. The molecule has 0 bridgehead atoms. The van der Waals surface area contributed by atoms with E-state index in [1.54, 1.807) is 7.11 Å². The van der Waals surface area contributed by atoms with Crippen LogP contribution >= 0.6 is 0 Å². The summed E-state index contributed by atoms with van der Waals surface area (Å²) >= 11 is 0. The lowest BCUT2D eigenvalue weighted by atomic mass is 9.75. The van der Waals surface area contributed by atoms with Crippen LogP contribution in [0.1, 0.15) is 32.1 Å². The van der Waals surface area contributed by atoms with Gasteiger partial charge in [0.2, 0.25) is 0 Å². The fourth-order valence-corrected chi connectivity index (χ4v) is 1.92. The van der Waals surface area contributed by atoms with Crippen LogP contribution in [0.3, 0.4) is 0 Å². The normalized spacial score (nSPS) is 22.5. The van der Waals surface area contributed by atoms with Crippen LogP contribution in [-0.4, -0.2) is 25.4 Å². The average molecular weight is 173 g/mol. The van der Waals surface area contributed by atoms with Gasteiger partial charge in [0.05, 0.1) is 7.11 Å². The van der Waals surface area contributed by atoms with E-state index in [4.69, 9.17) is 4.84 Å². The first-order chi connectivity index (χ1) is 5.83. The highest BCUT2D eigenvalue weighted by atomic mass is 16.6. The third-order valence-corrected chi connectivity index (χ3v) is 2.84. The highest BCUT2D eigenvalue weighted by Gasteiger charge is 2.30. The van der Waals surface area contributed by atoms with E-state index in [1.165, 1.54) is 19.3 Å². The molecule has 0 amide bonds. The van der Waals surface area contributed by atoms with Crippen molar-refractivity contribution in [1.82, 2.24) is 5.48 Å². The Morgan fingerprint density at radius 1 is 1.33 bits per heavy atom. The number of aliphatic hydroxyl groups is 1. The van der Waals surface area contributed by atoms with Crippen molar-refractivity contribution in [2.75, 3.05) is 20.3 Å². The maximum absolute atomic E-state index is 9.27. The number of rotatable bonds is 4. The lowest BCUT2D eigenvalue weighted by molar-refractivity contribution is 0.0119. The van der Waals surface area contributed by atoms with E-state index in [2.05, 4.69) is 5.48 Å². The summed E-state index contributed by atoms with van der Waals surface area (Å²) < 4.78 is 0. The molecule has 1 aliphatic carbocycles. The van der Waals surface area contributed by atoms with E-state index >= 15 is 0 Å². The van der Waals surface area contributed by atoms with Crippen molar-refractivity contribution in [2.45, 2.75) is 32.1 Å². The van der Waals surface area contributed by atoms with Crippen LogP contribution in [0.5, 0.6) is 0 Å². The molecule has 1 rings (SSSR count). The van der Waals surface area contributed by atoms with Gasteiger partial charge in [-0.2, -0.15) is 0 Å². The molecule has 0 atom stereocenters. The molecule has 12 heavy (non-hydrogen) atoms. The molecule has 0 aliphatic heterocycles. The highest BCUT2D eigenvalue weighted by molar-refractivity contribution is 4.83. The van der Waals surface area contributed by atoms with E-state index in [0.29, 0.717) is 0 Å². The second-order valence-corrected chi connectivity index (χ2v) is 3.74. The minimum absolute atomic E-state index is 0.0915. The van der Waals surface area contributed by atoms with Crippen molar-refractivity contribution in [3.8, 4) is 0 Å². The summed E-state index contributed by atoms with van der Waals surface area (Å²) in [5, 5.41) is 9.27. The van der Waals surface area contributed by atoms with Crippen molar-refractivity contribution in [3.63, 3.8) is 0 Å². The molecule has 72 valence electrons. The molecule has 2 N–H and O–H groups in total. The summed E-state index contributed by atoms with van der Waals surface area (Å²) in [5.41, 5.74) is 2.94. The van der Waals surface area contributed by atoms with Crippen LogP contribution in [0.25, 0.3) is 0 Å². The SMILES string of the molecule is CONCC1(CO)CCCCC1. The van der Waals surface area contributed by atoms with Gasteiger partial charge in [0, 0.05) is 18.6 Å². The van der Waals surface area contributed by atoms with Crippen LogP contribution in [0.4, 0.5) is 0 Å². The van der Waals surface area contributed by atoms with Crippen LogP contribution in [0, 0.1) is 5.41 Å². The standard InChI is InChI=1S/C9H19NO2/c1-12-10-7-9(8-11)5-3-2-4-6-9/h10-11H,2-8H2,1H3. The van der Waals surface area contributed by atoms with Gasteiger partial charge in [0.1, 0.15) is 0 Å². The van der Waals surface area contributed by atoms with Gasteiger partial charge in [-0.3, -0.25) is 0 Å². The van der Waals surface area contributed by atoms with Crippen molar-refractivity contribution < 1.29 is 9.94 Å². The molecule has 1 aliphatic rings. The summed E-state index contributed by atoms with van der Waals surface area (Å²) in [6, 6.07) is 0. The Morgan fingerprint density at radius 3 is 2.50 bits per heavy atom.